The molecule has 0 unspecified atom stereocenters. The van der Waals surface area contributed by atoms with E-state index < -0.39 is 0 Å². The predicted molar refractivity (Wildman–Crippen MR) is 109 cm³/mol. The summed E-state index contributed by atoms with van der Waals surface area (Å²) in [5, 5.41) is 0. The third kappa shape index (κ3) is 4.08. The van der Waals surface area contributed by atoms with Crippen LogP contribution in [0, 0.1) is 17.8 Å². The van der Waals surface area contributed by atoms with Crippen molar-refractivity contribution in [3.05, 3.63) is 59.7 Å². The molecular formula is C24H29NO2. The zero-order valence-corrected chi connectivity index (χ0v) is 16.4. The Bertz CT molecular complexity index is 802. The van der Waals surface area contributed by atoms with Crippen LogP contribution in [0.3, 0.4) is 0 Å². The van der Waals surface area contributed by atoms with Crippen LogP contribution in [-0.2, 0) is 4.79 Å². The maximum absolute atomic E-state index is 12.4. The molecule has 1 aromatic carbocycles. The van der Waals surface area contributed by atoms with Crippen molar-refractivity contribution in [1.82, 2.24) is 4.90 Å². The molecule has 2 bridgehead atoms. The standard InChI is InChI=1S/C24H29NO2/c1-25(2)16-23-20-12-11-17(13-20)14-22(23)19-9-6-10-21(15-19)27-24(26)18-7-4-3-5-8-18/h4,6-10,14-15,17,20,23H,3,5,11-13,16H2,1-2H3/t17-,20+,23-/m0/s1. The zero-order valence-electron chi connectivity index (χ0n) is 16.4. The third-order valence-corrected chi connectivity index (χ3v) is 6.07. The van der Waals surface area contributed by atoms with Gasteiger partial charge in [-0.3, -0.25) is 0 Å². The molecule has 3 heteroatoms. The third-order valence-electron chi connectivity index (χ3n) is 6.07. The van der Waals surface area contributed by atoms with Crippen LogP contribution in [0.15, 0.2) is 54.1 Å². The lowest BCUT2D eigenvalue weighted by atomic mass is 9.76. The van der Waals surface area contributed by atoms with Crippen LogP contribution in [0.1, 0.15) is 37.7 Å². The summed E-state index contributed by atoms with van der Waals surface area (Å²) >= 11 is 0. The smallest absolute Gasteiger partial charge is 0.343 e. The van der Waals surface area contributed by atoms with Gasteiger partial charge in [-0.15, -0.1) is 0 Å². The first-order valence-electron chi connectivity index (χ1n) is 10.2. The van der Waals surface area contributed by atoms with E-state index in [1.165, 1.54) is 30.4 Å². The van der Waals surface area contributed by atoms with Crippen molar-refractivity contribution in [2.24, 2.45) is 17.8 Å². The number of carbonyl (C=O) groups excluding carboxylic acids is 1. The van der Waals surface area contributed by atoms with Gasteiger partial charge in [0.2, 0.25) is 0 Å². The average molecular weight is 364 g/mol. The second kappa shape index (κ2) is 7.85. The number of allylic oxidation sites excluding steroid dienone is 3. The highest BCUT2D eigenvalue weighted by atomic mass is 16.5. The molecule has 1 fully saturated rings. The van der Waals surface area contributed by atoms with E-state index >= 15 is 0 Å². The van der Waals surface area contributed by atoms with E-state index in [0.29, 0.717) is 23.2 Å². The van der Waals surface area contributed by atoms with Gasteiger partial charge >= 0.3 is 5.97 Å². The van der Waals surface area contributed by atoms with Gasteiger partial charge in [-0.1, -0.05) is 36.4 Å². The zero-order chi connectivity index (χ0) is 18.8. The number of nitrogens with zero attached hydrogens (tertiary/aromatic N) is 1. The average Bonchev–Trinajstić information content (AvgIpc) is 3.07. The number of hydrogen-bond donors (Lipinski definition) is 0. The quantitative estimate of drug-likeness (QED) is 0.553. The molecule has 0 aliphatic heterocycles. The van der Waals surface area contributed by atoms with Gasteiger partial charge in [-0.2, -0.15) is 0 Å². The fraction of sp³-hybridized carbons (Fsp3) is 0.458. The van der Waals surface area contributed by atoms with E-state index in [0.717, 1.165) is 25.3 Å². The summed E-state index contributed by atoms with van der Waals surface area (Å²) in [6.45, 7) is 1.07. The molecule has 27 heavy (non-hydrogen) atoms. The first-order valence-corrected chi connectivity index (χ1v) is 10.2. The van der Waals surface area contributed by atoms with Gasteiger partial charge in [-0.25, -0.2) is 4.79 Å². The second-order valence-corrected chi connectivity index (χ2v) is 8.38. The molecule has 3 aliphatic rings. The van der Waals surface area contributed by atoms with Gasteiger partial charge in [-0.05, 0) is 87.2 Å². The fourth-order valence-corrected chi connectivity index (χ4v) is 4.82. The van der Waals surface area contributed by atoms with Gasteiger partial charge < -0.3 is 9.64 Å². The lowest BCUT2D eigenvalue weighted by Crippen LogP contribution is -2.29. The molecule has 3 atom stereocenters. The van der Waals surface area contributed by atoms with Crippen molar-refractivity contribution in [3.8, 4) is 5.75 Å². The Labute approximate surface area is 162 Å². The van der Waals surface area contributed by atoms with Gasteiger partial charge in [0, 0.05) is 6.54 Å². The van der Waals surface area contributed by atoms with E-state index in [9.17, 15) is 4.79 Å². The summed E-state index contributed by atoms with van der Waals surface area (Å²) in [5.41, 5.74) is 3.31. The molecule has 0 radical (unpaired) electrons. The summed E-state index contributed by atoms with van der Waals surface area (Å²) in [4.78, 5) is 14.7. The molecule has 1 saturated carbocycles. The number of hydrogen-bond acceptors (Lipinski definition) is 3. The van der Waals surface area contributed by atoms with Crippen LogP contribution >= 0.6 is 0 Å². The Morgan fingerprint density at radius 1 is 1.22 bits per heavy atom. The molecular weight excluding hydrogens is 334 g/mol. The Hall–Kier alpha value is -2.13. The lowest BCUT2D eigenvalue weighted by Gasteiger charge is -2.32. The number of fused-ring (bicyclic) bond motifs is 2. The molecule has 1 aromatic rings. The highest BCUT2D eigenvalue weighted by Gasteiger charge is 2.37. The van der Waals surface area contributed by atoms with Gasteiger partial charge in [0.05, 0.1) is 5.57 Å². The van der Waals surface area contributed by atoms with Crippen molar-refractivity contribution in [2.45, 2.75) is 32.1 Å². The molecule has 0 saturated heterocycles. The monoisotopic (exact) mass is 363 g/mol. The number of esters is 1. The molecule has 3 aliphatic carbocycles. The molecule has 3 nitrogen and oxygen atoms in total. The maximum Gasteiger partial charge on any atom is 0.343 e. The fourth-order valence-electron chi connectivity index (χ4n) is 4.82. The molecule has 0 spiro atoms. The summed E-state index contributed by atoms with van der Waals surface area (Å²) in [6, 6.07) is 8.10. The van der Waals surface area contributed by atoms with Crippen LogP contribution < -0.4 is 4.74 Å². The van der Waals surface area contributed by atoms with Crippen molar-refractivity contribution in [1.29, 1.82) is 0 Å². The topological polar surface area (TPSA) is 29.5 Å². The molecule has 0 amide bonds. The number of ether oxygens (including phenoxy) is 1. The molecule has 0 N–H and O–H groups in total. The summed E-state index contributed by atoms with van der Waals surface area (Å²) < 4.78 is 5.67. The summed E-state index contributed by atoms with van der Waals surface area (Å²) in [6.07, 6.45) is 14.2. The minimum atomic E-state index is -0.259. The van der Waals surface area contributed by atoms with E-state index in [2.05, 4.69) is 31.1 Å². The van der Waals surface area contributed by atoms with Gasteiger partial charge in [0.25, 0.3) is 0 Å². The molecule has 0 heterocycles. The minimum Gasteiger partial charge on any atom is -0.423 e. The van der Waals surface area contributed by atoms with Crippen molar-refractivity contribution < 1.29 is 9.53 Å². The number of rotatable bonds is 5. The maximum atomic E-state index is 12.4. The first kappa shape index (κ1) is 18.2. The van der Waals surface area contributed by atoms with E-state index in [1.807, 2.05) is 36.4 Å². The van der Waals surface area contributed by atoms with Crippen molar-refractivity contribution in [2.75, 3.05) is 20.6 Å². The highest BCUT2D eigenvalue weighted by molar-refractivity contribution is 5.93. The Kier molecular flexibility index (Phi) is 5.31. The number of benzene rings is 1. The second-order valence-electron chi connectivity index (χ2n) is 8.38. The van der Waals surface area contributed by atoms with Crippen LogP contribution in [0.25, 0.3) is 5.57 Å². The highest BCUT2D eigenvalue weighted by Crippen LogP contribution is 2.48. The van der Waals surface area contributed by atoms with Gasteiger partial charge in [0.1, 0.15) is 5.75 Å². The molecule has 4 rings (SSSR count). The summed E-state index contributed by atoms with van der Waals surface area (Å²) in [5.74, 6) is 2.44. The largest absolute Gasteiger partial charge is 0.423 e. The van der Waals surface area contributed by atoms with Crippen LogP contribution in [0.5, 0.6) is 5.75 Å². The molecule has 142 valence electrons. The molecule has 0 aromatic heterocycles. The Morgan fingerprint density at radius 3 is 2.89 bits per heavy atom. The summed E-state index contributed by atoms with van der Waals surface area (Å²) in [7, 11) is 4.31. The van der Waals surface area contributed by atoms with Crippen molar-refractivity contribution in [3.63, 3.8) is 0 Å². The SMILES string of the molecule is CN(C)C[C@@H]1C(c2cccc(OC(=O)C3=CCCC=C3)c2)=C[C@H]2CC[C@@H]1C2. The first-order chi connectivity index (χ1) is 13.1. The Morgan fingerprint density at radius 2 is 2.11 bits per heavy atom. The van der Waals surface area contributed by atoms with E-state index in [4.69, 9.17) is 4.74 Å². The normalized spacial score (nSPS) is 26.7. The van der Waals surface area contributed by atoms with Crippen molar-refractivity contribution >= 4 is 11.5 Å². The Balaban J connectivity index is 1.57. The van der Waals surface area contributed by atoms with E-state index in [-0.39, 0.29) is 5.97 Å². The van der Waals surface area contributed by atoms with Gasteiger partial charge in [0.15, 0.2) is 0 Å². The van der Waals surface area contributed by atoms with Crippen LogP contribution in [0.4, 0.5) is 0 Å². The minimum absolute atomic E-state index is 0.259. The van der Waals surface area contributed by atoms with Crippen LogP contribution in [0.2, 0.25) is 0 Å². The number of carbonyl (C=O) groups is 1. The predicted octanol–water partition coefficient (Wildman–Crippen LogP) is 4.86. The van der Waals surface area contributed by atoms with E-state index in [1.54, 1.807) is 0 Å². The van der Waals surface area contributed by atoms with Crippen LogP contribution in [-0.4, -0.2) is 31.5 Å². The lowest BCUT2D eigenvalue weighted by molar-refractivity contribution is -0.129.